The van der Waals surface area contributed by atoms with Crippen LogP contribution in [0, 0.1) is 0 Å². The van der Waals surface area contributed by atoms with Crippen molar-refractivity contribution in [3.8, 4) is 0 Å². The smallest absolute Gasteiger partial charge is 0.326 e. The number of rotatable bonds is 1. The van der Waals surface area contributed by atoms with Gasteiger partial charge in [0.25, 0.3) is 0 Å². The van der Waals surface area contributed by atoms with Gasteiger partial charge in [-0.3, -0.25) is 0 Å². The molecule has 0 aliphatic carbocycles. The van der Waals surface area contributed by atoms with Crippen LogP contribution in [0.5, 0.6) is 0 Å². The minimum absolute atomic E-state index is 0.751. The van der Waals surface area contributed by atoms with Gasteiger partial charge in [-0.05, 0) is 17.6 Å². The second kappa shape index (κ2) is 3.14. The predicted molar refractivity (Wildman–Crippen MR) is 61.3 cm³/mol. The monoisotopic (exact) mass is 195 g/mol. The molecule has 3 heteroatoms. The summed E-state index contributed by atoms with van der Waals surface area (Å²) in [5.41, 5.74) is 2.43. The molecule has 0 unspecified atom stereocenters. The van der Waals surface area contributed by atoms with E-state index < -0.39 is 0 Å². The predicted octanol–water partition coefficient (Wildman–Crippen LogP) is 1.82. The van der Waals surface area contributed by atoms with Crippen LogP contribution in [-0.2, 0) is 0 Å². The lowest BCUT2D eigenvalue weighted by molar-refractivity contribution is 0.615. The van der Waals surface area contributed by atoms with Crippen LogP contribution in [0.3, 0.4) is 0 Å². The summed E-state index contributed by atoms with van der Waals surface area (Å²) in [6, 6.07) is 13.6. The molecule has 0 saturated heterocycles. The number of fused-ring (bicyclic) bond motifs is 3. The molecule has 0 aliphatic heterocycles. The third kappa shape index (κ3) is 1.24. The summed E-state index contributed by atoms with van der Waals surface area (Å²) in [4.78, 5) is 0. The Morgan fingerprint density at radius 1 is 0.933 bits per heavy atom. The SMILES string of the molecule is O[B]c1ccc2c(c1)oc1ccccc12. The molecule has 3 aromatic rings. The van der Waals surface area contributed by atoms with E-state index in [4.69, 9.17) is 9.44 Å². The van der Waals surface area contributed by atoms with E-state index in [1.54, 1.807) is 0 Å². The molecule has 0 fully saturated rings. The van der Waals surface area contributed by atoms with Crippen LogP contribution in [0.4, 0.5) is 0 Å². The second-order valence-corrected chi connectivity index (χ2v) is 3.48. The van der Waals surface area contributed by atoms with E-state index >= 15 is 0 Å². The summed E-state index contributed by atoms with van der Waals surface area (Å²) >= 11 is 0. The van der Waals surface area contributed by atoms with Crippen molar-refractivity contribution in [1.82, 2.24) is 0 Å². The van der Waals surface area contributed by atoms with E-state index in [9.17, 15) is 0 Å². The first-order valence-corrected chi connectivity index (χ1v) is 4.77. The normalized spacial score (nSPS) is 11.0. The largest absolute Gasteiger partial charge is 0.456 e. The van der Waals surface area contributed by atoms with Crippen molar-refractivity contribution in [3.63, 3.8) is 0 Å². The van der Waals surface area contributed by atoms with Gasteiger partial charge in [0.1, 0.15) is 11.2 Å². The van der Waals surface area contributed by atoms with Crippen molar-refractivity contribution in [2.75, 3.05) is 0 Å². The summed E-state index contributed by atoms with van der Waals surface area (Å²) in [6.45, 7) is 0. The fourth-order valence-corrected chi connectivity index (χ4v) is 1.82. The number of para-hydroxylation sites is 1. The maximum absolute atomic E-state index is 8.91. The van der Waals surface area contributed by atoms with E-state index in [1.165, 1.54) is 0 Å². The maximum atomic E-state index is 8.91. The Labute approximate surface area is 87.4 Å². The molecule has 71 valence electrons. The van der Waals surface area contributed by atoms with E-state index in [0.29, 0.717) is 0 Å². The van der Waals surface area contributed by atoms with Crippen molar-refractivity contribution in [2.45, 2.75) is 0 Å². The summed E-state index contributed by atoms with van der Waals surface area (Å²) in [7, 11) is 1.08. The van der Waals surface area contributed by atoms with Gasteiger partial charge in [-0.25, -0.2) is 0 Å². The topological polar surface area (TPSA) is 33.4 Å². The van der Waals surface area contributed by atoms with Crippen molar-refractivity contribution in [1.29, 1.82) is 0 Å². The molecule has 2 nitrogen and oxygen atoms in total. The highest BCUT2D eigenvalue weighted by Crippen LogP contribution is 2.27. The molecule has 1 heterocycles. The first-order chi connectivity index (χ1) is 7.38. The molecule has 0 aliphatic rings. The van der Waals surface area contributed by atoms with Crippen molar-refractivity contribution in [2.24, 2.45) is 0 Å². The lowest BCUT2D eigenvalue weighted by atomic mass is 9.88. The van der Waals surface area contributed by atoms with Crippen molar-refractivity contribution in [3.05, 3.63) is 42.5 Å². The van der Waals surface area contributed by atoms with E-state index in [0.717, 1.165) is 34.9 Å². The van der Waals surface area contributed by atoms with Gasteiger partial charge in [-0.15, -0.1) is 0 Å². The van der Waals surface area contributed by atoms with Crippen LogP contribution in [0.1, 0.15) is 0 Å². The average Bonchev–Trinajstić information content (AvgIpc) is 2.66. The quantitative estimate of drug-likeness (QED) is 0.600. The summed E-state index contributed by atoms with van der Waals surface area (Å²) in [5, 5.41) is 11.1. The molecule has 1 radical (unpaired) electrons. The summed E-state index contributed by atoms with van der Waals surface area (Å²) in [5.74, 6) is 0. The Hall–Kier alpha value is -1.74. The van der Waals surface area contributed by atoms with Gasteiger partial charge in [0, 0.05) is 10.8 Å². The minimum atomic E-state index is 0.751. The van der Waals surface area contributed by atoms with Crippen LogP contribution in [-0.4, -0.2) is 12.5 Å². The molecule has 0 bridgehead atoms. The third-order valence-corrected chi connectivity index (χ3v) is 2.55. The van der Waals surface area contributed by atoms with E-state index in [2.05, 4.69) is 0 Å². The Balaban J connectivity index is 2.43. The first-order valence-electron chi connectivity index (χ1n) is 4.77. The standard InChI is InChI=1S/C12H8BO2/c14-13-8-5-6-10-9-3-1-2-4-11(9)15-12(10)7-8/h1-7,14H. The third-order valence-electron chi connectivity index (χ3n) is 2.55. The number of furan rings is 1. The lowest BCUT2D eigenvalue weighted by Crippen LogP contribution is -2.11. The molecule has 0 amide bonds. The van der Waals surface area contributed by atoms with E-state index in [1.807, 2.05) is 42.5 Å². The molecule has 0 atom stereocenters. The fraction of sp³-hybridized carbons (Fsp3) is 0. The average molecular weight is 195 g/mol. The fourth-order valence-electron chi connectivity index (χ4n) is 1.82. The first kappa shape index (κ1) is 8.56. The highest BCUT2D eigenvalue weighted by molar-refractivity contribution is 6.46. The van der Waals surface area contributed by atoms with Crippen LogP contribution < -0.4 is 5.46 Å². The van der Waals surface area contributed by atoms with Crippen LogP contribution in [0.25, 0.3) is 21.9 Å². The van der Waals surface area contributed by atoms with Gasteiger partial charge in [-0.2, -0.15) is 0 Å². The molecular formula is C12H8BO2. The summed E-state index contributed by atoms with van der Waals surface area (Å²) in [6.07, 6.45) is 0. The lowest BCUT2D eigenvalue weighted by Gasteiger charge is -1.92. The van der Waals surface area contributed by atoms with E-state index in [-0.39, 0.29) is 0 Å². The summed E-state index contributed by atoms with van der Waals surface area (Å²) < 4.78 is 5.66. The molecule has 1 N–H and O–H groups in total. The van der Waals surface area contributed by atoms with Crippen LogP contribution in [0.15, 0.2) is 46.9 Å². The van der Waals surface area contributed by atoms with Crippen LogP contribution >= 0.6 is 0 Å². The number of benzene rings is 2. The van der Waals surface area contributed by atoms with Gasteiger partial charge in [0.15, 0.2) is 0 Å². The zero-order valence-corrected chi connectivity index (χ0v) is 7.97. The molecular weight excluding hydrogens is 187 g/mol. The number of hydrogen-bond donors (Lipinski definition) is 1. The Kier molecular flexibility index (Phi) is 1.79. The van der Waals surface area contributed by atoms with Gasteiger partial charge >= 0.3 is 7.48 Å². The molecule has 15 heavy (non-hydrogen) atoms. The minimum Gasteiger partial charge on any atom is -0.456 e. The van der Waals surface area contributed by atoms with Crippen molar-refractivity contribution >= 4 is 34.9 Å². The number of hydrogen-bond acceptors (Lipinski definition) is 2. The van der Waals surface area contributed by atoms with Gasteiger partial charge in [0.05, 0.1) is 0 Å². The van der Waals surface area contributed by atoms with Gasteiger partial charge < -0.3 is 9.44 Å². The van der Waals surface area contributed by atoms with Gasteiger partial charge in [-0.1, -0.05) is 30.3 Å². The zero-order chi connectivity index (χ0) is 10.3. The molecule has 0 spiro atoms. The second-order valence-electron chi connectivity index (χ2n) is 3.48. The highest BCUT2D eigenvalue weighted by Gasteiger charge is 2.06. The Morgan fingerprint density at radius 2 is 1.73 bits per heavy atom. The molecule has 2 aromatic carbocycles. The van der Waals surface area contributed by atoms with Crippen molar-refractivity contribution < 1.29 is 9.44 Å². The van der Waals surface area contributed by atoms with Crippen LogP contribution in [0.2, 0.25) is 0 Å². The maximum Gasteiger partial charge on any atom is 0.326 e. The molecule has 3 rings (SSSR count). The zero-order valence-electron chi connectivity index (χ0n) is 7.97. The Bertz CT molecular complexity index is 628. The molecule has 1 aromatic heterocycles. The Morgan fingerprint density at radius 3 is 2.60 bits per heavy atom. The van der Waals surface area contributed by atoms with Gasteiger partial charge in [0.2, 0.25) is 0 Å². The molecule has 0 saturated carbocycles. The highest BCUT2D eigenvalue weighted by atomic mass is 16.3.